The second kappa shape index (κ2) is 6.07. The fraction of sp³-hybridized carbons (Fsp3) is 0.154. The minimum atomic E-state index is -0.596. The van der Waals surface area contributed by atoms with E-state index in [1.54, 1.807) is 24.3 Å². The number of carbonyl (C=O) groups is 1. The van der Waals surface area contributed by atoms with Crippen LogP contribution in [0.1, 0.15) is 10.4 Å². The molecule has 20 heavy (non-hydrogen) atoms. The summed E-state index contributed by atoms with van der Waals surface area (Å²) in [6, 6.07) is 6.56. The molecule has 7 heteroatoms. The molecule has 0 amide bonds. The smallest absolute Gasteiger partial charge is 0.287 e. The molecule has 0 unspecified atom stereocenters. The van der Waals surface area contributed by atoms with Gasteiger partial charge in [0.1, 0.15) is 17.3 Å². The number of ether oxygens (including phenoxy) is 1. The molecule has 0 N–H and O–H groups in total. The lowest BCUT2D eigenvalue weighted by atomic mass is 10.1. The first-order valence-corrected chi connectivity index (χ1v) is 6.37. The van der Waals surface area contributed by atoms with E-state index in [0.29, 0.717) is 11.3 Å². The Labute approximate surface area is 124 Å². The van der Waals surface area contributed by atoms with E-state index in [1.165, 1.54) is 13.3 Å². The van der Waals surface area contributed by atoms with E-state index in [1.807, 2.05) is 0 Å². The molecule has 2 aromatic rings. The predicted octanol–water partition coefficient (Wildman–Crippen LogP) is 2.44. The Kier molecular flexibility index (Phi) is 4.42. The molecular weight excluding hydrogens is 303 g/mol. The molecule has 0 spiro atoms. The third kappa shape index (κ3) is 3.00. The molecule has 1 aromatic heterocycles. The van der Waals surface area contributed by atoms with Crippen molar-refractivity contribution < 1.29 is 9.53 Å². The van der Waals surface area contributed by atoms with Crippen LogP contribution in [0.15, 0.2) is 35.3 Å². The average molecular weight is 313 g/mol. The number of halogens is 2. The van der Waals surface area contributed by atoms with Gasteiger partial charge in [-0.25, -0.2) is 4.68 Å². The van der Waals surface area contributed by atoms with Gasteiger partial charge in [0, 0.05) is 5.56 Å². The first-order chi connectivity index (χ1) is 9.52. The van der Waals surface area contributed by atoms with Crippen molar-refractivity contribution in [3.8, 4) is 5.75 Å². The Bertz CT molecular complexity index is 696. The van der Waals surface area contributed by atoms with Gasteiger partial charge >= 0.3 is 0 Å². The Balaban J connectivity index is 2.23. The zero-order valence-corrected chi connectivity index (χ0v) is 12.0. The summed E-state index contributed by atoms with van der Waals surface area (Å²) < 4.78 is 5.98. The highest BCUT2D eigenvalue weighted by Gasteiger charge is 2.12. The quantitative estimate of drug-likeness (QED) is 0.814. The summed E-state index contributed by atoms with van der Waals surface area (Å²) in [5.41, 5.74) is -0.147. The highest BCUT2D eigenvalue weighted by molar-refractivity contribution is 6.41. The second-order valence-electron chi connectivity index (χ2n) is 3.92. The number of aromatic nitrogens is 2. The van der Waals surface area contributed by atoms with E-state index in [2.05, 4.69) is 5.10 Å². The van der Waals surface area contributed by atoms with Crippen LogP contribution in [0.2, 0.25) is 10.0 Å². The maximum atomic E-state index is 12.0. The molecule has 0 aliphatic heterocycles. The Morgan fingerprint density at radius 2 is 1.95 bits per heavy atom. The molecule has 0 saturated heterocycles. The highest BCUT2D eigenvalue weighted by atomic mass is 35.5. The molecule has 0 saturated carbocycles. The number of methoxy groups -OCH3 is 1. The predicted molar refractivity (Wildman–Crippen MR) is 75.8 cm³/mol. The lowest BCUT2D eigenvalue weighted by molar-refractivity contribution is 0.0965. The van der Waals surface area contributed by atoms with Gasteiger partial charge in [-0.05, 0) is 24.3 Å². The van der Waals surface area contributed by atoms with E-state index >= 15 is 0 Å². The minimum Gasteiger partial charge on any atom is -0.497 e. The van der Waals surface area contributed by atoms with E-state index in [0.717, 1.165) is 4.68 Å². The van der Waals surface area contributed by atoms with Crippen molar-refractivity contribution in [2.24, 2.45) is 0 Å². The van der Waals surface area contributed by atoms with Gasteiger partial charge in [-0.3, -0.25) is 9.59 Å². The van der Waals surface area contributed by atoms with Crippen LogP contribution in [0.4, 0.5) is 0 Å². The van der Waals surface area contributed by atoms with Crippen LogP contribution in [0.5, 0.6) is 5.75 Å². The number of carbonyl (C=O) groups excluding carboxylic acids is 1. The number of nitrogens with zero attached hydrogens (tertiary/aromatic N) is 2. The molecule has 0 aliphatic carbocycles. The number of hydrogen-bond donors (Lipinski definition) is 0. The monoisotopic (exact) mass is 312 g/mol. The van der Waals surface area contributed by atoms with Crippen LogP contribution in [-0.4, -0.2) is 22.7 Å². The van der Waals surface area contributed by atoms with E-state index < -0.39 is 5.56 Å². The topological polar surface area (TPSA) is 61.2 Å². The molecule has 0 aliphatic rings. The van der Waals surface area contributed by atoms with Crippen molar-refractivity contribution in [2.45, 2.75) is 6.54 Å². The van der Waals surface area contributed by atoms with Crippen LogP contribution < -0.4 is 10.3 Å². The summed E-state index contributed by atoms with van der Waals surface area (Å²) in [6.45, 7) is -0.206. The lowest BCUT2D eigenvalue weighted by Gasteiger charge is -2.05. The number of hydrogen-bond acceptors (Lipinski definition) is 4. The number of Topliss-reactive ketones (excluding diaryl/α,β-unsaturated/α-hetero) is 1. The normalized spacial score (nSPS) is 10.3. The van der Waals surface area contributed by atoms with Crippen molar-refractivity contribution in [1.29, 1.82) is 0 Å². The number of ketones is 1. The summed E-state index contributed by atoms with van der Waals surface area (Å²) in [7, 11) is 1.54. The van der Waals surface area contributed by atoms with Crippen molar-refractivity contribution in [3.05, 3.63) is 56.4 Å². The molecule has 2 rings (SSSR count). The van der Waals surface area contributed by atoms with Crippen LogP contribution in [0.25, 0.3) is 0 Å². The third-order valence-electron chi connectivity index (χ3n) is 2.65. The highest BCUT2D eigenvalue weighted by Crippen LogP contribution is 2.15. The molecule has 1 aromatic carbocycles. The van der Waals surface area contributed by atoms with Gasteiger partial charge in [0.2, 0.25) is 0 Å². The SMILES string of the molecule is COc1ccc(C(=O)Cn2ncc(Cl)c(Cl)c2=O)cc1. The van der Waals surface area contributed by atoms with Crippen LogP contribution in [-0.2, 0) is 6.54 Å². The van der Waals surface area contributed by atoms with E-state index in [9.17, 15) is 9.59 Å². The average Bonchev–Trinajstić information content (AvgIpc) is 2.48. The zero-order chi connectivity index (χ0) is 14.7. The molecule has 0 atom stereocenters. The fourth-order valence-corrected chi connectivity index (χ4v) is 1.83. The Morgan fingerprint density at radius 3 is 2.55 bits per heavy atom. The molecule has 0 fully saturated rings. The lowest BCUT2D eigenvalue weighted by Crippen LogP contribution is -2.27. The summed E-state index contributed by atoms with van der Waals surface area (Å²) >= 11 is 11.4. The van der Waals surface area contributed by atoms with Crippen molar-refractivity contribution in [3.63, 3.8) is 0 Å². The van der Waals surface area contributed by atoms with Crippen LogP contribution in [0.3, 0.4) is 0 Å². The summed E-state index contributed by atoms with van der Waals surface area (Å²) in [4.78, 5) is 23.8. The van der Waals surface area contributed by atoms with Gasteiger partial charge in [-0.1, -0.05) is 23.2 Å². The second-order valence-corrected chi connectivity index (χ2v) is 4.71. The van der Waals surface area contributed by atoms with Gasteiger partial charge < -0.3 is 4.74 Å². The van der Waals surface area contributed by atoms with Gasteiger partial charge in [0.25, 0.3) is 5.56 Å². The maximum absolute atomic E-state index is 12.0. The fourth-order valence-electron chi connectivity index (χ4n) is 1.56. The van der Waals surface area contributed by atoms with Crippen molar-refractivity contribution >= 4 is 29.0 Å². The molecule has 1 heterocycles. The van der Waals surface area contributed by atoms with Crippen LogP contribution >= 0.6 is 23.2 Å². The summed E-state index contributed by atoms with van der Waals surface area (Å²) in [5, 5.41) is 3.69. The molecule has 5 nitrogen and oxygen atoms in total. The maximum Gasteiger partial charge on any atom is 0.287 e. The molecule has 0 radical (unpaired) electrons. The van der Waals surface area contributed by atoms with Crippen LogP contribution in [0, 0.1) is 0 Å². The Hall–Kier alpha value is -1.85. The summed E-state index contributed by atoms with van der Waals surface area (Å²) in [5.74, 6) is 0.382. The first-order valence-electron chi connectivity index (χ1n) is 5.61. The zero-order valence-electron chi connectivity index (χ0n) is 10.5. The third-order valence-corrected chi connectivity index (χ3v) is 3.40. The first kappa shape index (κ1) is 14.6. The van der Waals surface area contributed by atoms with Gasteiger partial charge in [-0.15, -0.1) is 0 Å². The summed E-state index contributed by atoms with van der Waals surface area (Å²) in [6.07, 6.45) is 1.23. The van der Waals surface area contributed by atoms with Crippen molar-refractivity contribution in [1.82, 2.24) is 9.78 Å². The molecule has 0 bridgehead atoms. The van der Waals surface area contributed by atoms with E-state index in [4.69, 9.17) is 27.9 Å². The van der Waals surface area contributed by atoms with E-state index in [-0.39, 0.29) is 22.4 Å². The standard InChI is InChI=1S/C13H10Cl2N2O3/c1-20-9-4-2-8(3-5-9)11(18)7-17-13(19)12(15)10(14)6-16-17/h2-6H,7H2,1H3. The van der Waals surface area contributed by atoms with Gasteiger partial charge in [-0.2, -0.15) is 5.10 Å². The molecular formula is C13H10Cl2N2O3. The van der Waals surface area contributed by atoms with Gasteiger partial charge in [0.15, 0.2) is 5.78 Å². The Morgan fingerprint density at radius 1 is 1.30 bits per heavy atom. The molecule has 104 valence electrons. The van der Waals surface area contributed by atoms with Crippen molar-refractivity contribution in [2.75, 3.05) is 7.11 Å². The minimum absolute atomic E-state index is 0.0600. The number of rotatable bonds is 4. The number of benzene rings is 1. The largest absolute Gasteiger partial charge is 0.497 e. The van der Waals surface area contributed by atoms with Gasteiger partial charge in [0.05, 0.1) is 18.3 Å².